The van der Waals surface area contributed by atoms with Crippen LogP contribution >= 0.6 is 0 Å². The second-order valence-corrected chi connectivity index (χ2v) is 3.55. The maximum atomic E-state index is 11.9. The molecule has 2 aromatic rings. The predicted molar refractivity (Wildman–Crippen MR) is 62.4 cm³/mol. The number of rotatable bonds is 2. The van der Waals surface area contributed by atoms with E-state index in [1.165, 1.54) is 0 Å². The van der Waals surface area contributed by atoms with Gasteiger partial charge in [0.05, 0.1) is 0 Å². The van der Waals surface area contributed by atoms with Crippen LogP contribution in [0.1, 0.15) is 0 Å². The van der Waals surface area contributed by atoms with Gasteiger partial charge in [0.15, 0.2) is 5.69 Å². The van der Waals surface area contributed by atoms with Crippen LogP contribution in [-0.4, -0.2) is 4.86 Å². The molecule has 1 heterocycles. The monoisotopic (exact) mass is 224 g/mol. The van der Waals surface area contributed by atoms with Gasteiger partial charge in [-0.3, -0.25) is 0 Å². The Hall–Kier alpha value is -2.56. The lowest BCUT2D eigenvalue weighted by Crippen LogP contribution is -1.92. The molecule has 0 amide bonds. The van der Waals surface area contributed by atoms with Crippen LogP contribution < -0.4 is 0 Å². The Balaban J connectivity index is 2.01. The van der Waals surface area contributed by atoms with Gasteiger partial charge in [-0.05, 0) is 23.1 Å². The van der Waals surface area contributed by atoms with Gasteiger partial charge >= 0.3 is 0 Å². The maximum Gasteiger partial charge on any atom is 0.274 e. The first kappa shape index (κ1) is 9.65. The van der Waals surface area contributed by atoms with Crippen molar-refractivity contribution in [2.45, 2.75) is 0 Å². The van der Waals surface area contributed by atoms with Gasteiger partial charge in [-0.1, -0.05) is 24.3 Å². The van der Waals surface area contributed by atoms with Crippen molar-refractivity contribution in [2.24, 2.45) is 15.3 Å². The third kappa shape index (κ3) is 1.67. The van der Waals surface area contributed by atoms with Gasteiger partial charge in [-0.15, -0.1) is 10.2 Å². The van der Waals surface area contributed by atoms with E-state index in [9.17, 15) is 5.21 Å². The Morgan fingerprint density at radius 1 is 0.941 bits per heavy atom. The molecule has 5 nitrogen and oxygen atoms in total. The van der Waals surface area contributed by atoms with Crippen molar-refractivity contribution < 1.29 is 4.86 Å². The zero-order chi connectivity index (χ0) is 11.7. The van der Waals surface area contributed by atoms with E-state index in [-0.39, 0.29) is 0 Å². The van der Waals surface area contributed by atoms with Crippen molar-refractivity contribution in [3.8, 4) is 0 Å². The molecule has 0 fully saturated rings. The summed E-state index contributed by atoms with van der Waals surface area (Å²) >= 11 is 0. The van der Waals surface area contributed by atoms with Gasteiger partial charge in [0.2, 0.25) is 0 Å². The Morgan fingerprint density at radius 2 is 1.76 bits per heavy atom. The molecule has 0 atom stereocenters. The van der Waals surface area contributed by atoms with Crippen molar-refractivity contribution in [3.05, 3.63) is 53.7 Å². The van der Waals surface area contributed by atoms with Crippen LogP contribution in [0.4, 0.5) is 22.7 Å². The van der Waals surface area contributed by atoms with Crippen LogP contribution in [0.25, 0.3) is 0 Å². The van der Waals surface area contributed by atoms with Crippen LogP contribution in [0.15, 0.2) is 63.9 Å². The van der Waals surface area contributed by atoms with E-state index in [4.69, 9.17) is 0 Å². The summed E-state index contributed by atoms with van der Waals surface area (Å²) in [5.41, 5.74) is 2.35. The van der Waals surface area contributed by atoms with Gasteiger partial charge < -0.3 is 5.21 Å². The zero-order valence-electron chi connectivity index (χ0n) is 8.82. The normalized spacial score (nSPS) is 13.1. The first-order valence-corrected chi connectivity index (χ1v) is 5.13. The smallest absolute Gasteiger partial charge is 0.274 e. The van der Waals surface area contributed by atoms with Crippen LogP contribution in [0.5, 0.6) is 0 Å². The average molecular weight is 224 g/mol. The molecule has 3 rings (SSSR count). The second-order valence-electron chi connectivity index (χ2n) is 3.55. The largest absolute Gasteiger partial charge is 0.594 e. The summed E-state index contributed by atoms with van der Waals surface area (Å²) in [6.45, 7) is 0. The summed E-state index contributed by atoms with van der Waals surface area (Å²) in [6, 6.07) is 14.3. The Kier molecular flexibility index (Phi) is 2.15. The fourth-order valence-electron chi connectivity index (χ4n) is 1.57. The van der Waals surface area contributed by atoms with Crippen LogP contribution in [0.2, 0.25) is 0 Å². The van der Waals surface area contributed by atoms with Gasteiger partial charge in [0.1, 0.15) is 11.4 Å². The Labute approximate surface area is 97.3 Å². The molecule has 82 valence electrons. The first-order valence-electron chi connectivity index (χ1n) is 5.13. The summed E-state index contributed by atoms with van der Waals surface area (Å²) in [5.74, 6) is 0. The quantitative estimate of drug-likeness (QED) is 0.362. The fraction of sp³-hybridized carbons (Fsp3) is 0. The van der Waals surface area contributed by atoms with Crippen LogP contribution in [0, 0.1) is 5.21 Å². The zero-order valence-corrected chi connectivity index (χ0v) is 8.82. The van der Waals surface area contributed by atoms with Gasteiger partial charge in [0.25, 0.3) is 5.69 Å². The highest BCUT2D eigenvalue weighted by atomic mass is 16.5. The second kappa shape index (κ2) is 3.79. The molecule has 0 bridgehead atoms. The number of azo groups is 2. The van der Waals surface area contributed by atoms with Crippen LogP contribution in [0.3, 0.4) is 0 Å². The molecule has 0 saturated heterocycles. The summed E-state index contributed by atoms with van der Waals surface area (Å²) < 4.78 is 0. The van der Waals surface area contributed by atoms with E-state index in [2.05, 4.69) is 15.3 Å². The molecule has 0 N–H and O–H groups in total. The topological polar surface area (TPSA) is 63.1 Å². The predicted octanol–water partition coefficient (Wildman–Crippen LogP) is 4.34. The standard InChI is InChI=1S/C12H8N4O/c17-16(15-9-5-2-1-3-6-9)11-8-4-7-10-12(11)14-13-10/h1-8H. The molecule has 1 aliphatic rings. The molecular weight excluding hydrogens is 216 g/mol. The molecule has 0 aliphatic carbocycles. The molecule has 5 heteroatoms. The molecular formula is C12H8N4O. The Bertz CT molecular complexity index is 620. The summed E-state index contributed by atoms with van der Waals surface area (Å²) in [4.78, 5) is 0.576. The molecule has 0 unspecified atom stereocenters. The van der Waals surface area contributed by atoms with Gasteiger partial charge in [-0.25, -0.2) is 0 Å². The van der Waals surface area contributed by atoms with Gasteiger partial charge in [0, 0.05) is 11.2 Å². The van der Waals surface area contributed by atoms with Crippen molar-refractivity contribution in [3.63, 3.8) is 0 Å². The lowest BCUT2D eigenvalue weighted by molar-refractivity contribution is -0.434. The van der Waals surface area contributed by atoms with E-state index in [1.807, 2.05) is 24.3 Å². The Morgan fingerprint density at radius 3 is 2.47 bits per heavy atom. The van der Waals surface area contributed by atoms with Crippen molar-refractivity contribution in [1.29, 1.82) is 0 Å². The molecule has 1 aliphatic heterocycles. The SMILES string of the molecule is [O-][N+](=Nc1ccccc1)c1cccc2c1N=N2. The van der Waals surface area contributed by atoms with E-state index < -0.39 is 0 Å². The lowest BCUT2D eigenvalue weighted by atomic mass is 10.2. The highest BCUT2D eigenvalue weighted by Crippen LogP contribution is 2.44. The van der Waals surface area contributed by atoms with E-state index in [1.54, 1.807) is 24.3 Å². The van der Waals surface area contributed by atoms with E-state index in [0.29, 0.717) is 21.9 Å². The highest BCUT2D eigenvalue weighted by molar-refractivity contribution is 5.76. The number of hydrogen-bond acceptors (Lipinski definition) is 4. The minimum Gasteiger partial charge on any atom is -0.594 e. The van der Waals surface area contributed by atoms with Crippen molar-refractivity contribution in [2.75, 3.05) is 0 Å². The maximum absolute atomic E-state index is 11.9. The molecule has 2 aromatic carbocycles. The molecule has 0 radical (unpaired) electrons. The number of fused-ring (bicyclic) bond motifs is 1. The van der Waals surface area contributed by atoms with Crippen molar-refractivity contribution in [1.82, 2.24) is 0 Å². The number of nitrogens with zero attached hydrogens (tertiary/aromatic N) is 4. The minimum absolute atomic E-state index is 0.418. The third-order valence-electron chi connectivity index (χ3n) is 2.42. The molecule has 0 spiro atoms. The molecule has 0 aromatic heterocycles. The van der Waals surface area contributed by atoms with E-state index in [0.717, 1.165) is 5.69 Å². The third-order valence-corrected chi connectivity index (χ3v) is 2.42. The fourth-order valence-corrected chi connectivity index (χ4v) is 1.57. The number of hydrogen-bond donors (Lipinski definition) is 0. The summed E-state index contributed by atoms with van der Waals surface area (Å²) in [5, 5.41) is 23.4. The van der Waals surface area contributed by atoms with Crippen LogP contribution in [-0.2, 0) is 0 Å². The average Bonchev–Trinajstić information content (AvgIpc) is 2.31. The first-order chi connectivity index (χ1) is 8.34. The summed E-state index contributed by atoms with van der Waals surface area (Å²) in [7, 11) is 0. The molecule has 17 heavy (non-hydrogen) atoms. The molecule has 0 saturated carbocycles. The highest BCUT2D eigenvalue weighted by Gasteiger charge is 2.21. The minimum atomic E-state index is 0.418. The van der Waals surface area contributed by atoms with Gasteiger partial charge in [-0.2, -0.15) is 0 Å². The number of benzene rings is 2. The van der Waals surface area contributed by atoms with E-state index >= 15 is 0 Å². The van der Waals surface area contributed by atoms with Crippen molar-refractivity contribution >= 4 is 22.7 Å². The summed E-state index contributed by atoms with van der Waals surface area (Å²) in [6.07, 6.45) is 0. The lowest BCUT2D eigenvalue weighted by Gasteiger charge is -2.08.